The summed E-state index contributed by atoms with van der Waals surface area (Å²) in [4.78, 5) is 5.06. The summed E-state index contributed by atoms with van der Waals surface area (Å²) in [5.74, 6) is 1.05. The molecule has 2 saturated heterocycles. The first-order valence-corrected chi connectivity index (χ1v) is 6.86. The third-order valence-corrected chi connectivity index (χ3v) is 4.93. The van der Waals surface area contributed by atoms with E-state index in [1.54, 1.807) is 0 Å². The van der Waals surface area contributed by atoms with E-state index < -0.39 is 0 Å². The second-order valence-corrected chi connectivity index (χ2v) is 6.02. The van der Waals surface area contributed by atoms with Crippen molar-refractivity contribution < 1.29 is 5.11 Å². The molecule has 92 valence electrons. The van der Waals surface area contributed by atoms with Crippen LogP contribution in [-0.2, 0) is 0 Å². The fourth-order valence-electron chi connectivity index (χ4n) is 4.14. The predicted molar refractivity (Wildman–Crippen MR) is 64.3 cm³/mol. The molecule has 0 aromatic rings. The summed E-state index contributed by atoms with van der Waals surface area (Å²) >= 11 is 0. The van der Waals surface area contributed by atoms with E-state index in [2.05, 4.69) is 16.8 Å². The van der Waals surface area contributed by atoms with Crippen molar-refractivity contribution in [2.24, 2.45) is 11.8 Å². The Balaban J connectivity index is 1.74. The summed E-state index contributed by atoms with van der Waals surface area (Å²) in [5, 5.41) is 10.4. The van der Waals surface area contributed by atoms with Crippen LogP contribution in [-0.4, -0.2) is 60.3 Å². The average molecular weight is 224 g/mol. The van der Waals surface area contributed by atoms with Crippen molar-refractivity contribution in [1.82, 2.24) is 9.80 Å². The lowest BCUT2D eigenvalue weighted by molar-refractivity contribution is -0.0800. The molecular weight excluding hydrogens is 200 g/mol. The molecular formula is C13H24N2O. The number of fused-ring (bicyclic) bond motifs is 2. The number of hydrogen-bond donors (Lipinski definition) is 1. The molecule has 2 aliphatic heterocycles. The number of aliphatic hydroxyl groups excluding tert-OH is 1. The monoisotopic (exact) mass is 224 g/mol. The number of likely N-dealkylation sites (tertiary alicyclic amines) is 2. The van der Waals surface area contributed by atoms with Crippen LogP contribution in [0.2, 0.25) is 0 Å². The van der Waals surface area contributed by atoms with Crippen LogP contribution in [0.25, 0.3) is 0 Å². The van der Waals surface area contributed by atoms with Gasteiger partial charge >= 0.3 is 0 Å². The van der Waals surface area contributed by atoms with Crippen molar-refractivity contribution in [3.05, 3.63) is 0 Å². The number of hydrogen-bond acceptors (Lipinski definition) is 3. The van der Waals surface area contributed by atoms with Crippen LogP contribution in [0.5, 0.6) is 0 Å². The van der Waals surface area contributed by atoms with Gasteiger partial charge in [0.15, 0.2) is 0 Å². The maximum absolute atomic E-state index is 10.4. The van der Waals surface area contributed by atoms with Gasteiger partial charge in [0.1, 0.15) is 0 Å². The van der Waals surface area contributed by atoms with Gasteiger partial charge in [0, 0.05) is 25.0 Å². The molecule has 0 amide bonds. The van der Waals surface area contributed by atoms with Crippen LogP contribution in [0.3, 0.4) is 0 Å². The first-order chi connectivity index (χ1) is 7.75. The second-order valence-electron chi connectivity index (χ2n) is 6.02. The number of aliphatic hydroxyl groups is 1. The topological polar surface area (TPSA) is 26.7 Å². The molecule has 3 aliphatic rings. The summed E-state index contributed by atoms with van der Waals surface area (Å²) < 4.78 is 0. The molecule has 3 fully saturated rings. The Bertz CT molecular complexity index is 250. The Morgan fingerprint density at radius 1 is 1.06 bits per heavy atom. The van der Waals surface area contributed by atoms with Gasteiger partial charge in [-0.2, -0.15) is 0 Å². The van der Waals surface area contributed by atoms with Crippen LogP contribution in [0, 0.1) is 11.8 Å². The van der Waals surface area contributed by atoms with Crippen molar-refractivity contribution in [2.75, 3.05) is 33.2 Å². The van der Waals surface area contributed by atoms with Crippen LogP contribution < -0.4 is 0 Å². The molecule has 2 heterocycles. The molecule has 4 unspecified atom stereocenters. The summed E-state index contributed by atoms with van der Waals surface area (Å²) in [6.45, 7) is 4.73. The van der Waals surface area contributed by atoms with Crippen LogP contribution in [0.4, 0.5) is 0 Å². The van der Waals surface area contributed by atoms with Crippen LogP contribution >= 0.6 is 0 Å². The molecule has 0 radical (unpaired) electrons. The maximum Gasteiger partial charge on any atom is 0.0635 e. The van der Waals surface area contributed by atoms with E-state index in [0.717, 1.165) is 13.1 Å². The number of rotatable bonds is 1. The Labute approximate surface area is 98.4 Å². The summed E-state index contributed by atoms with van der Waals surface area (Å²) in [6.07, 6.45) is 5.23. The predicted octanol–water partition coefficient (Wildman–Crippen LogP) is 0.783. The zero-order valence-electron chi connectivity index (χ0n) is 10.3. The SMILES string of the molecule is CN1CC2CCC(N3CCCC3)C(C1)C2O. The van der Waals surface area contributed by atoms with E-state index in [9.17, 15) is 5.11 Å². The minimum Gasteiger partial charge on any atom is -0.392 e. The van der Waals surface area contributed by atoms with Gasteiger partial charge in [-0.1, -0.05) is 0 Å². The highest BCUT2D eigenvalue weighted by Gasteiger charge is 2.44. The molecule has 0 aromatic carbocycles. The molecule has 3 rings (SSSR count). The molecule has 4 atom stereocenters. The second kappa shape index (κ2) is 4.28. The molecule has 0 spiro atoms. The normalized spacial score (nSPS) is 46.1. The van der Waals surface area contributed by atoms with E-state index >= 15 is 0 Å². The minimum absolute atomic E-state index is 0.0319. The van der Waals surface area contributed by atoms with Gasteiger partial charge in [0.2, 0.25) is 0 Å². The first-order valence-electron chi connectivity index (χ1n) is 6.86. The van der Waals surface area contributed by atoms with Crippen LogP contribution in [0.15, 0.2) is 0 Å². The summed E-state index contributed by atoms with van der Waals surface area (Å²) in [5.41, 5.74) is 0. The molecule has 1 saturated carbocycles. The molecule has 2 bridgehead atoms. The Kier molecular flexibility index (Phi) is 2.94. The fourth-order valence-corrected chi connectivity index (χ4v) is 4.14. The Morgan fingerprint density at radius 3 is 2.56 bits per heavy atom. The zero-order chi connectivity index (χ0) is 11.1. The van der Waals surface area contributed by atoms with Gasteiger partial charge in [-0.15, -0.1) is 0 Å². The maximum atomic E-state index is 10.4. The highest BCUT2D eigenvalue weighted by Crippen LogP contribution is 2.38. The van der Waals surface area contributed by atoms with Gasteiger partial charge in [-0.05, 0) is 51.7 Å². The Hall–Kier alpha value is -0.120. The minimum atomic E-state index is -0.0319. The van der Waals surface area contributed by atoms with E-state index in [0.29, 0.717) is 17.9 Å². The third kappa shape index (κ3) is 1.79. The number of nitrogens with zero attached hydrogens (tertiary/aromatic N) is 2. The molecule has 1 aliphatic carbocycles. The first kappa shape index (κ1) is 11.0. The van der Waals surface area contributed by atoms with Crippen molar-refractivity contribution in [3.8, 4) is 0 Å². The summed E-state index contributed by atoms with van der Waals surface area (Å²) in [6, 6.07) is 0.663. The van der Waals surface area contributed by atoms with E-state index in [4.69, 9.17) is 0 Å². The lowest BCUT2D eigenvalue weighted by Gasteiger charge is -2.50. The number of piperidine rings is 1. The van der Waals surface area contributed by atoms with Gasteiger partial charge < -0.3 is 10.0 Å². The van der Waals surface area contributed by atoms with Gasteiger partial charge in [-0.3, -0.25) is 4.90 Å². The third-order valence-electron chi connectivity index (χ3n) is 4.93. The van der Waals surface area contributed by atoms with E-state index in [1.165, 1.54) is 38.8 Å². The lowest BCUT2D eigenvalue weighted by Crippen LogP contribution is -2.58. The van der Waals surface area contributed by atoms with E-state index in [-0.39, 0.29) is 6.10 Å². The standard InChI is InChI=1S/C13H24N2O/c1-14-8-10-4-5-12(11(9-14)13(10)16)15-6-2-3-7-15/h10-13,16H,2-9H2,1H3. The molecule has 3 nitrogen and oxygen atoms in total. The van der Waals surface area contributed by atoms with Crippen molar-refractivity contribution in [1.29, 1.82) is 0 Å². The molecule has 3 heteroatoms. The molecule has 1 N–H and O–H groups in total. The van der Waals surface area contributed by atoms with E-state index in [1.807, 2.05) is 0 Å². The van der Waals surface area contributed by atoms with Gasteiger partial charge in [0.05, 0.1) is 6.10 Å². The summed E-state index contributed by atoms with van der Waals surface area (Å²) in [7, 11) is 2.21. The largest absolute Gasteiger partial charge is 0.392 e. The van der Waals surface area contributed by atoms with Gasteiger partial charge in [-0.25, -0.2) is 0 Å². The molecule has 16 heavy (non-hydrogen) atoms. The van der Waals surface area contributed by atoms with Crippen molar-refractivity contribution in [2.45, 2.75) is 37.8 Å². The van der Waals surface area contributed by atoms with Gasteiger partial charge in [0.25, 0.3) is 0 Å². The lowest BCUT2D eigenvalue weighted by atomic mass is 9.72. The smallest absolute Gasteiger partial charge is 0.0635 e. The molecule has 0 aromatic heterocycles. The average Bonchev–Trinajstić information content (AvgIpc) is 2.74. The zero-order valence-corrected chi connectivity index (χ0v) is 10.3. The fraction of sp³-hybridized carbons (Fsp3) is 1.00. The highest BCUT2D eigenvalue weighted by atomic mass is 16.3. The Morgan fingerprint density at radius 2 is 1.81 bits per heavy atom. The van der Waals surface area contributed by atoms with Crippen LogP contribution in [0.1, 0.15) is 25.7 Å². The van der Waals surface area contributed by atoms with Crippen molar-refractivity contribution in [3.63, 3.8) is 0 Å². The quantitative estimate of drug-likeness (QED) is 0.713. The highest BCUT2D eigenvalue weighted by molar-refractivity contribution is 4.98. The van der Waals surface area contributed by atoms with Crippen molar-refractivity contribution >= 4 is 0 Å².